The number of ether oxygens (including phenoxy) is 4. The lowest BCUT2D eigenvalue weighted by Crippen LogP contribution is -2.78. The van der Waals surface area contributed by atoms with Gasteiger partial charge in [0, 0.05) is 6.42 Å². The molecule has 0 aromatic heterocycles. The van der Waals surface area contributed by atoms with Gasteiger partial charge in [0.05, 0.1) is 11.2 Å². The van der Waals surface area contributed by atoms with E-state index in [-0.39, 0.29) is 12.7 Å². The maximum Gasteiger partial charge on any atom is 0.419 e. The highest BCUT2D eigenvalue weighted by atomic mass is 16.7. The van der Waals surface area contributed by atoms with Crippen LogP contribution in [-0.2, 0) is 28.5 Å². The fraction of sp³-hybridized carbons (Fsp3) is 0.846. The van der Waals surface area contributed by atoms with Crippen LogP contribution >= 0.6 is 0 Å². The normalized spacial score (nSPS) is 14.9. The van der Waals surface area contributed by atoms with Crippen molar-refractivity contribution in [1.82, 2.24) is 10.2 Å². The Balaban J connectivity index is 7.46. The molecule has 10 nitrogen and oxygen atoms in total. The molecule has 0 aliphatic carbocycles. The molecule has 0 aromatic carbocycles. The summed E-state index contributed by atoms with van der Waals surface area (Å²) in [5.74, 6) is -2.85. The summed E-state index contributed by atoms with van der Waals surface area (Å²) < 4.78 is 23.4. The van der Waals surface area contributed by atoms with Gasteiger partial charge in [0.1, 0.15) is 11.2 Å². The van der Waals surface area contributed by atoms with Gasteiger partial charge in [-0.2, -0.15) is 0 Å². The summed E-state index contributed by atoms with van der Waals surface area (Å²) in [5.41, 5.74) is -6.37. The first-order valence-electron chi connectivity index (χ1n) is 12.3. The molecule has 36 heavy (non-hydrogen) atoms. The van der Waals surface area contributed by atoms with E-state index < -0.39 is 51.9 Å². The van der Waals surface area contributed by atoms with Gasteiger partial charge in [-0.25, -0.2) is 14.5 Å². The second kappa shape index (κ2) is 11.5. The van der Waals surface area contributed by atoms with Gasteiger partial charge < -0.3 is 18.9 Å². The number of amides is 3. The van der Waals surface area contributed by atoms with Crippen molar-refractivity contribution in [3.63, 3.8) is 0 Å². The van der Waals surface area contributed by atoms with Crippen molar-refractivity contribution in [2.45, 2.75) is 144 Å². The van der Waals surface area contributed by atoms with E-state index in [0.29, 0.717) is 11.3 Å². The van der Waals surface area contributed by atoms with E-state index >= 15 is 0 Å². The number of nitrogens with zero attached hydrogens (tertiary/aromatic N) is 1. The van der Waals surface area contributed by atoms with Gasteiger partial charge in [-0.15, -0.1) is 0 Å². The molecule has 210 valence electrons. The Bertz CT molecular complexity index is 781. The van der Waals surface area contributed by atoms with Gasteiger partial charge in [-0.1, -0.05) is 6.92 Å². The van der Waals surface area contributed by atoms with E-state index in [1.54, 1.807) is 90.0 Å². The van der Waals surface area contributed by atoms with Crippen LogP contribution in [0.15, 0.2) is 0 Å². The highest BCUT2D eigenvalue weighted by molar-refractivity contribution is 5.98. The first kappa shape index (κ1) is 33.8. The average Bonchev–Trinajstić information content (AvgIpc) is 2.54. The lowest BCUT2D eigenvalue weighted by atomic mass is 9.95. The minimum Gasteiger partial charge on any atom is -0.444 e. The molecular weight excluding hydrogens is 468 g/mol. The summed E-state index contributed by atoms with van der Waals surface area (Å²) in [6.45, 7) is 23.2. The second-order valence-corrected chi connectivity index (χ2v) is 12.8. The third-order valence-corrected chi connectivity index (χ3v) is 4.20. The molecule has 0 saturated heterocycles. The Morgan fingerprint density at radius 3 is 1.44 bits per heavy atom. The third-order valence-electron chi connectivity index (χ3n) is 4.20. The number of nitrogens with one attached hydrogen (secondary N) is 1. The molecule has 0 heterocycles. The highest BCUT2D eigenvalue weighted by Gasteiger charge is 2.63. The summed E-state index contributed by atoms with van der Waals surface area (Å²) in [6.07, 6.45) is -1.71. The molecule has 0 unspecified atom stereocenters. The van der Waals surface area contributed by atoms with Crippen molar-refractivity contribution in [3.05, 3.63) is 0 Å². The molecule has 0 aliphatic rings. The number of carbonyl (C=O) groups is 4. The van der Waals surface area contributed by atoms with Crippen LogP contribution in [0.4, 0.5) is 9.59 Å². The number of imide groups is 1. The Hall–Kier alpha value is -2.20. The Labute approximate surface area is 216 Å². The van der Waals surface area contributed by atoms with Gasteiger partial charge in [0.25, 0.3) is 0 Å². The van der Waals surface area contributed by atoms with E-state index in [1.165, 1.54) is 6.92 Å². The summed E-state index contributed by atoms with van der Waals surface area (Å²) >= 11 is 0. The Morgan fingerprint density at radius 1 is 0.722 bits per heavy atom. The Kier molecular flexibility index (Phi) is 10.8. The van der Waals surface area contributed by atoms with Crippen LogP contribution < -0.4 is 5.32 Å². The van der Waals surface area contributed by atoms with Crippen molar-refractivity contribution < 1.29 is 38.1 Å². The molecule has 3 amide bonds. The molecule has 10 heteroatoms. The van der Waals surface area contributed by atoms with Crippen molar-refractivity contribution in [2.24, 2.45) is 0 Å². The summed E-state index contributed by atoms with van der Waals surface area (Å²) in [7, 11) is 0. The van der Waals surface area contributed by atoms with Crippen molar-refractivity contribution >= 4 is 24.4 Å². The largest absolute Gasteiger partial charge is 0.444 e. The lowest BCUT2D eigenvalue weighted by Gasteiger charge is -2.52. The zero-order valence-corrected chi connectivity index (χ0v) is 24.7. The first-order chi connectivity index (χ1) is 15.8. The van der Waals surface area contributed by atoms with Gasteiger partial charge in [0.15, 0.2) is 6.29 Å². The number of carbonyl (C=O) groups excluding carboxylic acids is 4. The van der Waals surface area contributed by atoms with E-state index in [2.05, 4.69) is 5.32 Å². The van der Waals surface area contributed by atoms with Gasteiger partial charge >= 0.3 is 12.2 Å². The van der Waals surface area contributed by atoms with Crippen LogP contribution in [0.1, 0.15) is 110 Å². The van der Waals surface area contributed by atoms with Crippen LogP contribution in [0.5, 0.6) is 0 Å². The van der Waals surface area contributed by atoms with E-state index in [4.69, 9.17) is 18.9 Å². The van der Waals surface area contributed by atoms with Crippen LogP contribution in [0.3, 0.4) is 0 Å². The summed E-state index contributed by atoms with van der Waals surface area (Å²) in [6, 6.07) is 0. The number of rotatable bonds is 8. The zero-order valence-electron chi connectivity index (χ0n) is 24.7. The predicted molar refractivity (Wildman–Crippen MR) is 136 cm³/mol. The Morgan fingerprint density at radius 2 is 1.14 bits per heavy atom. The number of alkyl carbamates (subject to hydrolysis) is 1. The van der Waals surface area contributed by atoms with Crippen LogP contribution in [-0.4, -0.2) is 63.1 Å². The van der Waals surface area contributed by atoms with E-state index in [9.17, 15) is 19.2 Å². The molecule has 1 N–H and O–H groups in total. The minimum absolute atomic E-state index is 0.119. The predicted octanol–water partition coefficient (Wildman–Crippen LogP) is 5.32. The fourth-order valence-electron chi connectivity index (χ4n) is 3.44. The second-order valence-electron chi connectivity index (χ2n) is 12.8. The fourth-order valence-corrected chi connectivity index (χ4v) is 3.44. The lowest BCUT2D eigenvalue weighted by molar-refractivity contribution is -0.340. The molecule has 0 spiro atoms. The van der Waals surface area contributed by atoms with Crippen molar-refractivity contribution in [3.8, 4) is 0 Å². The number of aldehydes is 1. The van der Waals surface area contributed by atoms with Crippen LogP contribution in [0.25, 0.3) is 0 Å². The molecule has 0 radical (unpaired) electrons. The van der Waals surface area contributed by atoms with E-state index in [0.717, 1.165) is 0 Å². The molecule has 0 fully saturated rings. The molecule has 0 aromatic rings. The zero-order chi connectivity index (χ0) is 29.0. The maximum atomic E-state index is 13.5. The smallest absolute Gasteiger partial charge is 0.419 e. The topological polar surface area (TPSA) is 120 Å². The first-order valence-corrected chi connectivity index (χ1v) is 12.3. The summed E-state index contributed by atoms with van der Waals surface area (Å²) in [4.78, 5) is 53.9. The van der Waals surface area contributed by atoms with Crippen molar-refractivity contribution in [2.75, 3.05) is 0 Å². The summed E-state index contributed by atoms with van der Waals surface area (Å²) in [5, 5.41) is 2.45. The molecule has 0 saturated carbocycles. The minimum atomic E-state index is -2.51. The molecule has 0 bridgehead atoms. The van der Waals surface area contributed by atoms with Gasteiger partial charge in [-0.05, 0) is 96.4 Å². The molecular formula is C26H48N2O8. The maximum absolute atomic E-state index is 13.5. The number of hydrogen-bond acceptors (Lipinski definition) is 8. The van der Waals surface area contributed by atoms with Crippen LogP contribution in [0, 0.1) is 0 Å². The molecule has 1 atom stereocenters. The third kappa shape index (κ3) is 10.4. The quantitative estimate of drug-likeness (QED) is 0.340. The standard InChI is InChI=1S/C26H48N2O8/c1-15-16-18(30)28(20(32)34-22(5,6)7)26(17-29,27-19(31)33-21(2,3)4)25(14,35-23(8,9)10)36-24(11,12)13/h17H,15-16H2,1-14H3,(H,27,31)/t26-/m0/s1. The molecule has 0 rings (SSSR count). The van der Waals surface area contributed by atoms with E-state index in [1.807, 2.05) is 0 Å². The average molecular weight is 517 g/mol. The SMILES string of the molecule is CCCC(=O)N(C(=O)OC(C)(C)C)[C@](C=O)(NC(=O)OC(C)(C)C)C(C)(OC(C)(C)C)OC(C)(C)C. The van der Waals surface area contributed by atoms with Crippen molar-refractivity contribution in [1.29, 1.82) is 0 Å². The number of hydrogen-bond donors (Lipinski definition) is 1. The molecule has 0 aliphatic heterocycles. The van der Waals surface area contributed by atoms with Crippen LogP contribution in [0.2, 0.25) is 0 Å². The highest BCUT2D eigenvalue weighted by Crippen LogP contribution is 2.38. The van der Waals surface area contributed by atoms with Gasteiger partial charge in [-0.3, -0.25) is 14.9 Å². The van der Waals surface area contributed by atoms with Gasteiger partial charge in [0.2, 0.25) is 17.4 Å². The monoisotopic (exact) mass is 516 g/mol.